The molecule has 0 fully saturated rings. The van der Waals surface area contributed by atoms with Gasteiger partial charge in [0.25, 0.3) is 0 Å². The zero-order valence-corrected chi connectivity index (χ0v) is 10.0. The summed E-state index contributed by atoms with van der Waals surface area (Å²) < 4.78 is 2.24. The van der Waals surface area contributed by atoms with Crippen LogP contribution in [0.4, 0.5) is 0 Å². The van der Waals surface area contributed by atoms with Crippen molar-refractivity contribution in [2.75, 3.05) is 12.0 Å². The summed E-state index contributed by atoms with van der Waals surface area (Å²) in [7, 11) is 0. The Hall–Kier alpha value is -0.700. The molecule has 78 valence electrons. The number of nitrogens with zero attached hydrogens (tertiary/aromatic N) is 1. The normalized spacial score (nSPS) is 12.9. The fourth-order valence-corrected chi connectivity index (χ4v) is 2.55. The maximum atomic E-state index is 10.8. The van der Waals surface area contributed by atoms with Crippen LogP contribution in [-0.2, 0) is 0 Å². The molecule has 1 aromatic rings. The van der Waals surface area contributed by atoms with Crippen molar-refractivity contribution >= 4 is 18.0 Å². The van der Waals surface area contributed by atoms with E-state index in [2.05, 4.69) is 24.7 Å². The van der Waals surface area contributed by atoms with Crippen LogP contribution in [0.15, 0.2) is 6.07 Å². The molecule has 0 N–H and O–H groups in total. The molecule has 0 saturated carbocycles. The van der Waals surface area contributed by atoms with Gasteiger partial charge in [-0.1, -0.05) is 0 Å². The molecule has 0 aromatic carbocycles. The molecule has 2 nitrogen and oxygen atoms in total. The first kappa shape index (κ1) is 11.4. The molecule has 0 spiro atoms. The van der Waals surface area contributed by atoms with Crippen LogP contribution >= 0.6 is 11.8 Å². The summed E-state index contributed by atoms with van der Waals surface area (Å²) >= 11 is 1.83. The molecule has 1 rings (SSSR count). The van der Waals surface area contributed by atoms with Gasteiger partial charge in [-0.15, -0.1) is 0 Å². The number of hydrogen-bond donors (Lipinski definition) is 0. The Labute approximate surface area is 89.7 Å². The molecular weight excluding hydrogens is 194 g/mol. The maximum Gasteiger partial charge on any atom is 0.151 e. The van der Waals surface area contributed by atoms with Crippen molar-refractivity contribution in [1.29, 1.82) is 0 Å². The summed E-state index contributed by atoms with van der Waals surface area (Å²) in [6, 6.07) is 2.41. The third-order valence-electron chi connectivity index (χ3n) is 2.50. The van der Waals surface area contributed by atoms with Crippen LogP contribution < -0.4 is 0 Å². The third-order valence-corrected chi connectivity index (χ3v) is 3.31. The smallest absolute Gasteiger partial charge is 0.151 e. The molecule has 0 aliphatic rings. The first-order valence-electron chi connectivity index (χ1n) is 4.74. The van der Waals surface area contributed by atoms with E-state index in [-0.39, 0.29) is 0 Å². The van der Waals surface area contributed by atoms with Crippen LogP contribution in [0.2, 0.25) is 0 Å². The molecule has 0 bridgehead atoms. The van der Waals surface area contributed by atoms with Gasteiger partial charge in [0.05, 0.1) is 0 Å². The average Bonchev–Trinajstić information content (AvgIpc) is 2.41. The van der Waals surface area contributed by atoms with Crippen molar-refractivity contribution in [2.24, 2.45) is 0 Å². The third kappa shape index (κ3) is 2.03. The number of rotatable bonds is 4. The van der Waals surface area contributed by atoms with E-state index < -0.39 is 0 Å². The number of aryl methyl sites for hydroxylation is 1. The van der Waals surface area contributed by atoms with E-state index in [9.17, 15) is 4.79 Å². The minimum Gasteiger partial charge on any atom is -0.345 e. The second kappa shape index (κ2) is 4.69. The number of aldehydes is 1. The van der Waals surface area contributed by atoms with Gasteiger partial charge in [0.2, 0.25) is 0 Å². The second-order valence-corrected chi connectivity index (χ2v) is 4.53. The molecule has 0 aliphatic carbocycles. The van der Waals surface area contributed by atoms with Gasteiger partial charge in [0.15, 0.2) is 6.29 Å². The summed E-state index contributed by atoms with van der Waals surface area (Å²) in [6.07, 6.45) is 3.04. The number of carbonyl (C=O) groups excluding carboxylic acids is 1. The highest BCUT2D eigenvalue weighted by Crippen LogP contribution is 2.21. The molecule has 14 heavy (non-hydrogen) atoms. The lowest BCUT2D eigenvalue weighted by Gasteiger charge is -2.17. The van der Waals surface area contributed by atoms with E-state index in [0.717, 1.165) is 23.3 Å². The van der Waals surface area contributed by atoms with E-state index in [1.165, 1.54) is 5.69 Å². The lowest BCUT2D eigenvalue weighted by atomic mass is 10.3. The molecule has 0 amide bonds. The predicted octanol–water partition coefficient (Wildman–Crippen LogP) is 2.84. The topological polar surface area (TPSA) is 22.0 Å². The summed E-state index contributed by atoms with van der Waals surface area (Å²) in [6.45, 7) is 6.25. The summed E-state index contributed by atoms with van der Waals surface area (Å²) in [5.41, 5.74) is 3.07. The van der Waals surface area contributed by atoms with E-state index in [1.807, 2.05) is 24.8 Å². The Balaban J connectivity index is 3.06. The van der Waals surface area contributed by atoms with Crippen molar-refractivity contribution < 1.29 is 4.79 Å². The molecular formula is C11H17NOS. The fourth-order valence-electron chi connectivity index (χ4n) is 1.92. The lowest BCUT2D eigenvalue weighted by molar-refractivity contribution is 0.112. The SMILES string of the molecule is CSCC(C)n1c(C)cc(C=O)c1C. The zero-order chi connectivity index (χ0) is 10.7. The molecule has 1 atom stereocenters. The highest BCUT2D eigenvalue weighted by molar-refractivity contribution is 7.98. The highest BCUT2D eigenvalue weighted by Gasteiger charge is 2.12. The van der Waals surface area contributed by atoms with Crippen LogP contribution in [0.1, 0.15) is 34.7 Å². The Morgan fingerprint density at radius 3 is 2.64 bits per heavy atom. The Bertz CT molecular complexity index is 330. The van der Waals surface area contributed by atoms with Gasteiger partial charge in [0.1, 0.15) is 0 Å². The zero-order valence-electron chi connectivity index (χ0n) is 9.20. The first-order valence-corrected chi connectivity index (χ1v) is 6.13. The van der Waals surface area contributed by atoms with Gasteiger partial charge < -0.3 is 4.57 Å². The van der Waals surface area contributed by atoms with Crippen LogP contribution in [-0.4, -0.2) is 22.9 Å². The van der Waals surface area contributed by atoms with Gasteiger partial charge in [-0.25, -0.2) is 0 Å². The second-order valence-electron chi connectivity index (χ2n) is 3.62. The number of thioether (sulfide) groups is 1. The van der Waals surface area contributed by atoms with Crippen molar-refractivity contribution in [3.05, 3.63) is 23.0 Å². The van der Waals surface area contributed by atoms with Crippen LogP contribution in [0.3, 0.4) is 0 Å². The van der Waals surface area contributed by atoms with E-state index in [0.29, 0.717) is 6.04 Å². The summed E-state index contributed by atoms with van der Waals surface area (Å²) in [5, 5.41) is 0. The fraction of sp³-hybridized carbons (Fsp3) is 0.545. The Kier molecular flexibility index (Phi) is 3.81. The minimum absolute atomic E-state index is 0.457. The molecule has 3 heteroatoms. The van der Waals surface area contributed by atoms with Crippen molar-refractivity contribution in [3.8, 4) is 0 Å². The molecule has 0 saturated heterocycles. The van der Waals surface area contributed by atoms with E-state index >= 15 is 0 Å². The van der Waals surface area contributed by atoms with Gasteiger partial charge in [-0.3, -0.25) is 4.79 Å². The Morgan fingerprint density at radius 1 is 1.57 bits per heavy atom. The predicted molar refractivity (Wildman–Crippen MR) is 62.4 cm³/mol. The van der Waals surface area contributed by atoms with Crippen LogP contribution in [0.25, 0.3) is 0 Å². The standard InChI is InChI=1S/C11H17NOS/c1-8-5-11(6-13)10(3)12(8)9(2)7-14-4/h5-6,9H,7H2,1-4H3. The minimum atomic E-state index is 0.457. The van der Waals surface area contributed by atoms with Crippen molar-refractivity contribution in [1.82, 2.24) is 4.57 Å². The van der Waals surface area contributed by atoms with Crippen molar-refractivity contribution in [2.45, 2.75) is 26.8 Å². The Morgan fingerprint density at radius 2 is 2.21 bits per heavy atom. The first-order chi connectivity index (χ1) is 6.61. The molecule has 0 radical (unpaired) electrons. The molecule has 1 aromatic heterocycles. The monoisotopic (exact) mass is 211 g/mol. The van der Waals surface area contributed by atoms with Crippen LogP contribution in [0.5, 0.6) is 0 Å². The van der Waals surface area contributed by atoms with Gasteiger partial charge in [-0.05, 0) is 33.1 Å². The van der Waals surface area contributed by atoms with Crippen molar-refractivity contribution in [3.63, 3.8) is 0 Å². The maximum absolute atomic E-state index is 10.8. The largest absolute Gasteiger partial charge is 0.345 e. The number of aromatic nitrogens is 1. The number of carbonyl (C=O) groups is 1. The summed E-state index contributed by atoms with van der Waals surface area (Å²) in [4.78, 5) is 10.8. The highest BCUT2D eigenvalue weighted by atomic mass is 32.2. The number of hydrogen-bond acceptors (Lipinski definition) is 2. The average molecular weight is 211 g/mol. The molecule has 1 heterocycles. The van der Waals surface area contributed by atoms with Gasteiger partial charge in [-0.2, -0.15) is 11.8 Å². The molecule has 1 unspecified atom stereocenters. The van der Waals surface area contributed by atoms with Gasteiger partial charge in [0, 0.05) is 28.7 Å². The van der Waals surface area contributed by atoms with Gasteiger partial charge >= 0.3 is 0 Å². The quantitative estimate of drug-likeness (QED) is 0.714. The van der Waals surface area contributed by atoms with Crippen LogP contribution in [0, 0.1) is 13.8 Å². The van der Waals surface area contributed by atoms with E-state index in [4.69, 9.17) is 0 Å². The molecule has 0 aliphatic heterocycles. The lowest BCUT2D eigenvalue weighted by Crippen LogP contribution is -2.11. The summed E-state index contributed by atoms with van der Waals surface area (Å²) in [5.74, 6) is 1.08. The van der Waals surface area contributed by atoms with E-state index in [1.54, 1.807) is 0 Å².